The molecule has 2 aliphatic heterocycles. The molecule has 0 radical (unpaired) electrons. The number of nitrogens with one attached hydrogen (secondary N) is 1. The summed E-state index contributed by atoms with van der Waals surface area (Å²) < 4.78 is 22.6. The molecule has 21 heavy (non-hydrogen) atoms. The van der Waals surface area contributed by atoms with Crippen molar-refractivity contribution in [1.82, 2.24) is 5.32 Å². The maximum atomic E-state index is 6.02. The van der Waals surface area contributed by atoms with E-state index in [0.29, 0.717) is 25.9 Å². The molecule has 2 aliphatic rings. The Kier molecular flexibility index (Phi) is 4.95. The number of fused-ring (bicyclic) bond motifs is 1. The van der Waals surface area contributed by atoms with E-state index in [1.807, 2.05) is 19.2 Å². The second-order valence-corrected chi connectivity index (χ2v) is 5.39. The number of benzene rings is 1. The fourth-order valence-electron chi connectivity index (χ4n) is 2.70. The lowest BCUT2D eigenvalue weighted by molar-refractivity contribution is -0.0378. The highest BCUT2D eigenvalue weighted by molar-refractivity contribution is 5.44. The van der Waals surface area contributed by atoms with Crippen LogP contribution in [0.3, 0.4) is 0 Å². The number of ether oxygens (including phenoxy) is 4. The predicted molar refractivity (Wildman–Crippen MR) is 79.0 cm³/mol. The van der Waals surface area contributed by atoms with E-state index in [4.69, 9.17) is 18.9 Å². The van der Waals surface area contributed by atoms with Crippen molar-refractivity contribution < 1.29 is 18.9 Å². The Morgan fingerprint density at radius 2 is 1.90 bits per heavy atom. The highest BCUT2D eigenvalue weighted by Gasteiger charge is 2.19. The van der Waals surface area contributed by atoms with Crippen LogP contribution in [0.1, 0.15) is 24.4 Å². The van der Waals surface area contributed by atoms with Crippen molar-refractivity contribution in [1.29, 1.82) is 0 Å². The van der Waals surface area contributed by atoms with Gasteiger partial charge in [-0.1, -0.05) is 6.07 Å². The number of rotatable bonds is 5. The summed E-state index contributed by atoms with van der Waals surface area (Å²) in [6, 6.07) is 6.25. The molecule has 3 rings (SSSR count). The standard InChI is InChI=1S/C16H23NO4/c1-17-14(11-21-13-4-6-18-7-5-13)12-2-3-15-16(10-12)20-9-8-19-15/h2-3,10,13-14,17H,4-9,11H2,1H3. The zero-order chi connectivity index (χ0) is 14.5. The van der Waals surface area contributed by atoms with Gasteiger partial charge < -0.3 is 24.3 Å². The van der Waals surface area contributed by atoms with Crippen molar-refractivity contribution in [2.45, 2.75) is 25.0 Å². The van der Waals surface area contributed by atoms with Gasteiger partial charge in [0.2, 0.25) is 0 Å². The van der Waals surface area contributed by atoms with Crippen LogP contribution in [-0.2, 0) is 9.47 Å². The molecule has 2 heterocycles. The Labute approximate surface area is 125 Å². The van der Waals surface area contributed by atoms with E-state index < -0.39 is 0 Å². The lowest BCUT2D eigenvalue weighted by Crippen LogP contribution is -2.29. The zero-order valence-corrected chi connectivity index (χ0v) is 12.5. The molecule has 0 saturated carbocycles. The second-order valence-electron chi connectivity index (χ2n) is 5.39. The second kappa shape index (κ2) is 7.11. The molecule has 0 aromatic heterocycles. The van der Waals surface area contributed by atoms with E-state index in [1.54, 1.807) is 0 Å². The molecule has 1 atom stereocenters. The molecule has 0 amide bonds. The van der Waals surface area contributed by atoms with Crippen molar-refractivity contribution in [2.24, 2.45) is 0 Å². The third kappa shape index (κ3) is 3.67. The largest absolute Gasteiger partial charge is 0.486 e. The quantitative estimate of drug-likeness (QED) is 0.899. The first-order valence-electron chi connectivity index (χ1n) is 7.63. The Balaban J connectivity index is 1.62. The lowest BCUT2D eigenvalue weighted by atomic mass is 10.1. The molecule has 5 nitrogen and oxygen atoms in total. The van der Waals surface area contributed by atoms with Crippen LogP contribution in [0.15, 0.2) is 18.2 Å². The van der Waals surface area contributed by atoms with Gasteiger partial charge in [-0.05, 0) is 37.6 Å². The fraction of sp³-hybridized carbons (Fsp3) is 0.625. The van der Waals surface area contributed by atoms with Gasteiger partial charge in [0.15, 0.2) is 11.5 Å². The first-order chi connectivity index (χ1) is 10.4. The topological polar surface area (TPSA) is 49.0 Å². The van der Waals surface area contributed by atoms with Gasteiger partial charge >= 0.3 is 0 Å². The van der Waals surface area contributed by atoms with Crippen LogP contribution in [0, 0.1) is 0 Å². The van der Waals surface area contributed by atoms with Crippen LogP contribution >= 0.6 is 0 Å². The zero-order valence-electron chi connectivity index (χ0n) is 12.5. The van der Waals surface area contributed by atoms with E-state index >= 15 is 0 Å². The van der Waals surface area contributed by atoms with Gasteiger partial charge in [-0.3, -0.25) is 0 Å². The van der Waals surface area contributed by atoms with Crippen molar-refractivity contribution in [3.63, 3.8) is 0 Å². The van der Waals surface area contributed by atoms with Gasteiger partial charge in [0.05, 0.1) is 18.8 Å². The summed E-state index contributed by atoms with van der Waals surface area (Å²) in [5.74, 6) is 1.65. The molecule has 0 bridgehead atoms. The third-order valence-electron chi connectivity index (χ3n) is 3.98. The van der Waals surface area contributed by atoms with E-state index in [9.17, 15) is 0 Å². The van der Waals surface area contributed by atoms with E-state index in [-0.39, 0.29) is 6.04 Å². The Morgan fingerprint density at radius 3 is 2.67 bits per heavy atom. The first kappa shape index (κ1) is 14.6. The van der Waals surface area contributed by atoms with Gasteiger partial charge in [-0.25, -0.2) is 0 Å². The van der Waals surface area contributed by atoms with Crippen molar-refractivity contribution in [3.8, 4) is 11.5 Å². The van der Waals surface area contributed by atoms with Crippen molar-refractivity contribution in [3.05, 3.63) is 23.8 Å². The summed E-state index contributed by atoms with van der Waals surface area (Å²) >= 11 is 0. The molecule has 1 fully saturated rings. The summed E-state index contributed by atoms with van der Waals surface area (Å²) in [6.45, 7) is 3.49. The van der Waals surface area contributed by atoms with Crippen LogP contribution in [-0.4, -0.2) is 46.2 Å². The maximum Gasteiger partial charge on any atom is 0.161 e. The van der Waals surface area contributed by atoms with E-state index in [0.717, 1.165) is 43.1 Å². The number of hydrogen-bond acceptors (Lipinski definition) is 5. The average molecular weight is 293 g/mol. The van der Waals surface area contributed by atoms with Gasteiger partial charge in [0.1, 0.15) is 13.2 Å². The highest BCUT2D eigenvalue weighted by Crippen LogP contribution is 2.32. The summed E-state index contributed by atoms with van der Waals surface area (Å²) in [4.78, 5) is 0. The minimum atomic E-state index is 0.156. The average Bonchev–Trinajstić information content (AvgIpc) is 2.56. The highest BCUT2D eigenvalue weighted by atomic mass is 16.6. The van der Waals surface area contributed by atoms with Crippen LogP contribution in [0.2, 0.25) is 0 Å². The number of likely N-dealkylation sites (N-methyl/N-ethyl adjacent to an activating group) is 1. The van der Waals surface area contributed by atoms with Crippen LogP contribution in [0.4, 0.5) is 0 Å². The molecule has 0 aliphatic carbocycles. The molecule has 1 N–H and O–H groups in total. The molecule has 1 saturated heterocycles. The SMILES string of the molecule is CNC(COC1CCOCC1)c1ccc2c(c1)OCCO2. The molecule has 1 unspecified atom stereocenters. The molecule has 0 spiro atoms. The monoisotopic (exact) mass is 293 g/mol. The minimum absolute atomic E-state index is 0.156. The third-order valence-corrected chi connectivity index (χ3v) is 3.98. The van der Waals surface area contributed by atoms with Gasteiger partial charge in [0.25, 0.3) is 0 Å². The first-order valence-corrected chi connectivity index (χ1v) is 7.63. The normalized spacial score (nSPS) is 20.2. The van der Waals surface area contributed by atoms with Crippen molar-refractivity contribution in [2.75, 3.05) is 40.1 Å². The van der Waals surface area contributed by atoms with E-state index in [1.165, 1.54) is 0 Å². The summed E-state index contributed by atoms with van der Waals surface area (Å²) in [6.07, 6.45) is 2.28. The number of hydrogen-bond donors (Lipinski definition) is 1. The fourth-order valence-corrected chi connectivity index (χ4v) is 2.70. The molecule has 1 aromatic rings. The van der Waals surface area contributed by atoms with E-state index in [2.05, 4.69) is 11.4 Å². The Hall–Kier alpha value is -1.30. The molecule has 5 heteroatoms. The van der Waals surface area contributed by atoms with Gasteiger partial charge in [-0.2, -0.15) is 0 Å². The summed E-state index contributed by atoms with van der Waals surface area (Å²) in [5, 5.41) is 3.31. The minimum Gasteiger partial charge on any atom is -0.486 e. The smallest absolute Gasteiger partial charge is 0.161 e. The molecular formula is C16H23NO4. The van der Waals surface area contributed by atoms with Crippen molar-refractivity contribution >= 4 is 0 Å². The molecular weight excluding hydrogens is 270 g/mol. The summed E-state index contributed by atoms with van der Waals surface area (Å²) in [7, 11) is 1.95. The maximum absolute atomic E-state index is 6.02. The van der Waals surface area contributed by atoms with Crippen LogP contribution in [0.5, 0.6) is 11.5 Å². The van der Waals surface area contributed by atoms with Gasteiger partial charge in [0, 0.05) is 13.2 Å². The summed E-state index contributed by atoms with van der Waals surface area (Å²) in [5.41, 5.74) is 1.16. The van der Waals surface area contributed by atoms with Crippen LogP contribution in [0.25, 0.3) is 0 Å². The lowest BCUT2D eigenvalue weighted by Gasteiger charge is -2.26. The van der Waals surface area contributed by atoms with Gasteiger partial charge in [-0.15, -0.1) is 0 Å². The molecule has 116 valence electrons. The predicted octanol–water partition coefficient (Wildman–Crippen LogP) is 1.91. The Morgan fingerprint density at radius 1 is 1.14 bits per heavy atom. The molecule has 1 aromatic carbocycles. The Bertz CT molecular complexity index is 460. The van der Waals surface area contributed by atoms with Crippen LogP contribution < -0.4 is 14.8 Å².